The van der Waals surface area contributed by atoms with Gasteiger partial charge in [-0.15, -0.1) is 0 Å². The molecule has 0 aliphatic heterocycles. The van der Waals surface area contributed by atoms with Crippen LogP contribution in [0.2, 0.25) is 0 Å². The zero-order chi connectivity index (χ0) is 13.0. The first-order chi connectivity index (χ1) is 8.70. The van der Waals surface area contributed by atoms with Crippen molar-refractivity contribution in [3.8, 4) is 0 Å². The summed E-state index contributed by atoms with van der Waals surface area (Å²) in [6, 6.07) is 5.21. The Hall–Kier alpha value is -0.640. The average Bonchev–Trinajstić information content (AvgIpc) is 3.16. The van der Waals surface area contributed by atoms with Gasteiger partial charge in [-0.1, -0.05) is 34.1 Å². The van der Waals surface area contributed by atoms with Crippen molar-refractivity contribution in [2.24, 2.45) is 0 Å². The summed E-state index contributed by atoms with van der Waals surface area (Å²) in [5, 5.41) is 3.54. The van der Waals surface area contributed by atoms with Gasteiger partial charge in [0.05, 0.1) is 6.61 Å². The van der Waals surface area contributed by atoms with Crippen LogP contribution in [0.3, 0.4) is 0 Å². The van der Waals surface area contributed by atoms with Gasteiger partial charge in [0.25, 0.3) is 0 Å². The van der Waals surface area contributed by atoms with Crippen LogP contribution in [-0.2, 0) is 11.3 Å². The fourth-order valence-electron chi connectivity index (χ4n) is 1.85. The maximum absolute atomic E-state index is 5.04. The number of ether oxygens (including phenoxy) is 1. The molecule has 0 unspecified atom stereocenters. The summed E-state index contributed by atoms with van der Waals surface area (Å²) in [4.78, 5) is 0. The third-order valence-electron chi connectivity index (χ3n) is 3.18. The molecule has 2 nitrogen and oxygen atoms in total. The van der Waals surface area contributed by atoms with Crippen LogP contribution in [0.5, 0.6) is 0 Å². The van der Waals surface area contributed by atoms with Gasteiger partial charge in [0.15, 0.2) is 0 Å². The molecule has 0 aromatic heterocycles. The highest BCUT2D eigenvalue weighted by Gasteiger charge is 2.20. The standard InChI is InChI=1S/C15H20BrNO/c1-11-13(4-3-7-18-2)8-12(9-15(11)16)10-17-14-5-6-14/h3-4,8-9,14,17H,5-7,10H2,1-2H3/b4-3+. The summed E-state index contributed by atoms with van der Waals surface area (Å²) in [7, 11) is 1.71. The minimum atomic E-state index is 0.654. The Morgan fingerprint density at radius 3 is 2.89 bits per heavy atom. The van der Waals surface area contributed by atoms with Gasteiger partial charge < -0.3 is 10.1 Å². The molecule has 1 fully saturated rings. The minimum Gasteiger partial charge on any atom is -0.381 e. The zero-order valence-corrected chi connectivity index (χ0v) is 12.6. The van der Waals surface area contributed by atoms with Crippen molar-refractivity contribution >= 4 is 22.0 Å². The van der Waals surface area contributed by atoms with Crippen LogP contribution < -0.4 is 5.32 Å². The normalized spacial score (nSPS) is 15.5. The second kappa shape index (κ2) is 6.50. The van der Waals surface area contributed by atoms with E-state index in [2.05, 4.69) is 46.4 Å². The van der Waals surface area contributed by atoms with Gasteiger partial charge in [-0.2, -0.15) is 0 Å². The van der Waals surface area contributed by atoms with Crippen molar-refractivity contribution in [3.63, 3.8) is 0 Å². The molecule has 0 atom stereocenters. The third-order valence-corrected chi connectivity index (χ3v) is 4.00. The second-order valence-electron chi connectivity index (χ2n) is 4.80. The molecule has 1 saturated carbocycles. The molecule has 3 heteroatoms. The molecule has 0 amide bonds. The minimum absolute atomic E-state index is 0.654. The molecule has 0 heterocycles. The lowest BCUT2D eigenvalue weighted by atomic mass is 10.0. The Bertz CT molecular complexity index is 438. The Balaban J connectivity index is 2.10. The lowest BCUT2D eigenvalue weighted by Gasteiger charge is -2.09. The molecule has 0 saturated heterocycles. The van der Waals surface area contributed by atoms with Gasteiger partial charge in [0.2, 0.25) is 0 Å². The Labute approximate surface area is 118 Å². The van der Waals surface area contributed by atoms with Gasteiger partial charge in [0, 0.05) is 24.2 Å². The molecule has 1 N–H and O–H groups in total. The number of halogens is 1. The third kappa shape index (κ3) is 3.94. The maximum atomic E-state index is 5.04. The molecule has 0 radical (unpaired) electrons. The van der Waals surface area contributed by atoms with E-state index in [0.717, 1.165) is 12.6 Å². The summed E-state index contributed by atoms with van der Waals surface area (Å²) in [6.45, 7) is 3.74. The van der Waals surface area contributed by atoms with E-state index in [1.165, 1.54) is 34.0 Å². The highest BCUT2D eigenvalue weighted by Crippen LogP contribution is 2.25. The zero-order valence-electron chi connectivity index (χ0n) is 11.0. The summed E-state index contributed by atoms with van der Waals surface area (Å²) in [6.07, 6.45) is 6.83. The van der Waals surface area contributed by atoms with Gasteiger partial charge in [-0.3, -0.25) is 0 Å². The van der Waals surface area contributed by atoms with E-state index in [0.29, 0.717) is 6.61 Å². The average molecular weight is 310 g/mol. The maximum Gasteiger partial charge on any atom is 0.0646 e. The lowest BCUT2D eigenvalue weighted by Crippen LogP contribution is -2.15. The molecule has 1 aliphatic rings. The predicted octanol–water partition coefficient (Wildman–Crippen LogP) is 3.67. The van der Waals surface area contributed by atoms with E-state index in [1.807, 2.05) is 6.08 Å². The molecule has 0 bridgehead atoms. The molecular formula is C15H20BrNO. The Morgan fingerprint density at radius 1 is 1.44 bits per heavy atom. The van der Waals surface area contributed by atoms with Crippen molar-refractivity contribution in [1.82, 2.24) is 5.32 Å². The van der Waals surface area contributed by atoms with Crippen LogP contribution >= 0.6 is 15.9 Å². The molecule has 98 valence electrons. The number of methoxy groups -OCH3 is 1. The summed E-state index contributed by atoms with van der Waals surface area (Å²) < 4.78 is 6.22. The second-order valence-corrected chi connectivity index (χ2v) is 5.66. The highest BCUT2D eigenvalue weighted by molar-refractivity contribution is 9.10. The van der Waals surface area contributed by atoms with Crippen molar-refractivity contribution in [2.45, 2.75) is 32.4 Å². The van der Waals surface area contributed by atoms with Crippen molar-refractivity contribution in [1.29, 1.82) is 0 Å². The first-order valence-corrected chi connectivity index (χ1v) is 7.18. The molecule has 18 heavy (non-hydrogen) atoms. The predicted molar refractivity (Wildman–Crippen MR) is 79.7 cm³/mol. The summed E-state index contributed by atoms with van der Waals surface area (Å²) in [5.74, 6) is 0. The topological polar surface area (TPSA) is 21.3 Å². The van der Waals surface area contributed by atoms with Gasteiger partial charge in [-0.05, 0) is 42.5 Å². The number of hydrogen-bond acceptors (Lipinski definition) is 2. The first-order valence-electron chi connectivity index (χ1n) is 6.38. The van der Waals surface area contributed by atoms with Gasteiger partial charge >= 0.3 is 0 Å². The van der Waals surface area contributed by atoms with Gasteiger partial charge in [0.1, 0.15) is 0 Å². The Morgan fingerprint density at radius 2 is 2.22 bits per heavy atom. The van der Waals surface area contributed by atoms with E-state index >= 15 is 0 Å². The van der Waals surface area contributed by atoms with Gasteiger partial charge in [-0.25, -0.2) is 0 Å². The fraction of sp³-hybridized carbons (Fsp3) is 0.467. The number of nitrogens with one attached hydrogen (secondary N) is 1. The Kier molecular flexibility index (Phi) is 4.98. The lowest BCUT2D eigenvalue weighted by molar-refractivity contribution is 0.234. The molecular weight excluding hydrogens is 290 g/mol. The molecule has 1 aromatic rings. The summed E-state index contributed by atoms with van der Waals surface area (Å²) >= 11 is 3.64. The van der Waals surface area contributed by atoms with E-state index in [4.69, 9.17) is 4.74 Å². The van der Waals surface area contributed by atoms with Crippen molar-refractivity contribution in [2.75, 3.05) is 13.7 Å². The van der Waals surface area contributed by atoms with Crippen LogP contribution in [0, 0.1) is 6.92 Å². The largest absolute Gasteiger partial charge is 0.381 e. The van der Waals surface area contributed by atoms with E-state index in [1.54, 1.807) is 7.11 Å². The van der Waals surface area contributed by atoms with E-state index in [9.17, 15) is 0 Å². The van der Waals surface area contributed by atoms with E-state index in [-0.39, 0.29) is 0 Å². The van der Waals surface area contributed by atoms with Crippen LogP contribution in [0.15, 0.2) is 22.7 Å². The quantitative estimate of drug-likeness (QED) is 0.865. The van der Waals surface area contributed by atoms with Crippen LogP contribution in [-0.4, -0.2) is 19.8 Å². The van der Waals surface area contributed by atoms with Crippen LogP contribution in [0.1, 0.15) is 29.5 Å². The smallest absolute Gasteiger partial charge is 0.0646 e. The molecule has 1 aliphatic carbocycles. The van der Waals surface area contributed by atoms with E-state index < -0.39 is 0 Å². The molecule has 2 rings (SSSR count). The molecule has 0 spiro atoms. The van der Waals surface area contributed by atoms with Crippen LogP contribution in [0.4, 0.5) is 0 Å². The van der Waals surface area contributed by atoms with Crippen LogP contribution in [0.25, 0.3) is 6.08 Å². The van der Waals surface area contributed by atoms with Crippen molar-refractivity contribution in [3.05, 3.63) is 39.4 Å². The number of hydrogen-bond donors (Lipinski definition) is 1. The fourth-order valence-corrected chi connectivity index (χ4v) is 2.38. The molecule has 1 aromatic carbocycles. The SMILES string of the molecule is COC/C=C/c1cc(CNC2CC2)cc(Br)c1C. The van der Waals surface area contributed by atoms with Crippen molar-refractivity contribution < 1.29 is 4.74 Å². The first kappa shape index (κ1) is 13.8. The number of rotatable bonds is 6. The number of benzene rings is 1. The summed E-state index contributed by atoms with van der Waals surface area (Å²) in [5.41, 5.74) is 3.86. The highest BCUT2D eigenvalue weighted by atomic mass is 79.9. The monoisotopic (exact) mass is 309 g/mol.